The van der Waals surface area contributed by atoms with E-state index in [9.17, 15) is 9.90 Å². The first kappa shape index (κ1) is 13.8. The molecule has 0 atom stereocenters. The summed E-state index contributed by atoms with van der Waals surface area (Å²) in [7, 11) is 0. The lowest BCUT2D eigenvalue weighted by molar-refractivity contribution is 0.471. The quantitative estimate of drug-likeness (QED) is 0.728. The summed E-state index contributed by atoms with van der Waals surface area (Å²) in [5.41, 5.74) is 1.31. The van der Waals surface area contributed by atoms with E-state index in [1.807, 2.05) is 36.4 Å². The third-order valence-electron chi connectivity index (χ3n) is 3.14. The Morgan fingerprint density at radius 1 is 1.00 bits per heavy atom. The van der Waals surface area contributed by atoms with Crippen LogP contribution in [-0.2, 0) is 0 Å². The van der Waals surface area contributed by atoms with Crippen molar-refractivity contribution < 1.29 is 5.11 Å². The van der Waals surface area contributed by atoms with Crippen LogP contribution in [0.25, 0.3) is 11.3 Å². The van der Waals surface area contributed by atoms with Gasteiger partial charge in [-0.2, -0.15) is 5.10 Å². The number of hydrogen-bond acceptors (Lipinski definition) is 4. The van der Waals surface area contributed by atoms with Crippen LogP contribution >= 0.6 is 0 Å². The van der Waals surface area contributed by atoms with Gasteiger partial charge < -0.3 is 5.11 Å². The Bertz CT molecular complexity index is 856. The van der Waals surface area contributed by atoms with Gasteiger partial charge in [0.25, 0.3) is 5.56 Å². The highest BCUT2D eigenvalue weighted by atomic mass is 16.3. The van der Waals surface area contributed by atoms with Crippen LogP contribution in [0.15, 0.2) is 70.5 Å². The van der Waals surface area contributed by atoms with Crippen LogP contribution in [-0.4, -0.2) is 21.5 Å². The van der Waals surface area contributed by atoms with E-state index in [1.54, 1.807) is 24.3 Å². The Labute approximate surface area is 126 Å². The molecule has 5 nitrogen and oxygen atoms in total. The van der Waals surface area contributed by atoms with E-state index in [0.717, 1.165) is 0 Å². The molecule has 0 unspecified atom stereocenters. The Kier molecular flexibility index (Phi) is 3.78. The standard InChI is InChI=1S/C17H13N3O2/c21-16-14(11-18-13-9-5-2-6-10-13)17(22)20-19-15(16)12-7-3-1-4-8-12/h1-11H,(H2,20,21,22). The van der Waals surface area contributed by atoms with Gasteiger partial charge in [0.05, 0.1) is 5.69 Å². The van der Waals surface area contributed by atoms with Gasteiger partial charge in [-0.15, -0.1) is 0 Å². The number of aromatic hydroxyl groups is 1. The van der Waals surface area contributed by atoms with Crippen molar-refractivity contribution in [3.63, 3.8) is 0 Å². The summed E-state index contributed by atoms with van der Waals surface area (Å²) in [5.74, 6) is -0.186. The Hall–Kier alpha value is -3.21. The Morgan fingerprint density at radius 2 is 1.64 bits per heavy atom. The van der Waals surface area contributed by atoms with Crippen molar-refractivity contribution in [3.8, 4) is 17.0 Å². The molecule has 3 rings (SSSR count). The van der Waals surface area contributed by atoms with Gasteiger partial charge >= 0.3 is 0 Å². The number of nitrogens with zero attached hydrogens (tertiary/aromatic N) is 2. The van der Waals surface area contributed by atoms with Gasteiger partial charge in [-0.25, -0.2) is 5.10 Å². The van der Waals surface area contributed by atoms with Crippen LogP contribution < -0.4 is 5.56 Å². The van der Waals surface area contributed by atoms with Crippen molar-refractivity contribution in [2.75, 3.05) is 0 Å². The second kappa shape index (κ2) is 6.05. The lowest BCUT2D eigenvalue weighted by Crippen LogP contribution is -2.14. The molecule has 0 aliphatic carbocycles. The molecular formula is C17H13N3O2. The Morgan fingerprint density at radius 3 is 2.32 bits per heavy atom. The molecule has 0 saturated heterocycles. The average Bonchev–Trinajstić information content (AvgIpc) is 2.56. The zero-order chi connectivity index (χ0) is 15.4. The van der Waals surface area contributed by atoms with E-state index in [4.69, 9.17) is 0 Å². The fourth-order valence-electron chi connectivity index (χ4n) is 2.03. The second-order valence-corrected chi connectivity index (χ2v) is 4.62. The summed E-state index contributed by atoms with van der Waals surface area (Å²) in [4.78, 5) is 16.1. The van der Waals surface area contributed by atoms with Gasteiger partial charge in [-0.3, -0.25) is 9.79 Å². The van der Waals surface area contributed by atoms with Crippen LogP contribution in [0.2, 0.25) is 0 Å². The maximum Gasteiger partial charge on any atom is 0.276 e. The molecule has 2 N–H and O–H groups in total. The van der Waals surface area contributed by atoms with Crippen molar-refractivity contribution in [1.29, 1.82) is 0 Å². The molecular weight excluding hydrogens is 278 g/mol. The average molecular weight is 291 g/mol. The van der Waals surface area contributed by atoms with Crippen molar-refractivity contribution in [2.45, 2.75) is 0 Å². The molecule has 1 heterocycles. The highest BCUT2D eigenvalue weighted by Gasteiger charge is 2.13. The number of nitrogens with one attached hydrogen (secondary N) is 1. The molecule has 22 heavy (non-hydrogen) atoms. The van der Waals surface area contributed by atoms with Crippen molar-refractivity contribution in [3.05, 3.63) is 76.6 Å². The van der Waals surface area contributed by atoms with Gasteiger partial charge in [0.2, 0.25) is 0 Å². The number of hydrogen-bond donors (Lipinski definition) is 2. The molecule has 3 aromatic rings. The first-order valence-electron chi connectivity index (χ1n) is 6.72. The van der Waals surface area contributed by atoms with Crippen molar-refractivity contribution in [2.24, 2.45) is 4.99 Å². The monoisotopic (exact) mass is 291 g/mol. The smallest absolute Gasteiger partial charge is 0.276 e. The summed E-state index contributed by atoms with van der Waals surface area (Å²) >= 11 is 0. The molecule has 2 aromatic carbocycles. The third-order valence-corrected chi connectivity index (χ3v) is 3.14. The van der Waals surface area contributed by atoms with Gasteiger partial charge in [0.1, 0.15) is 11.3 Å². The van der Waals surface area contributed by atoms with E-state index in [2.05, 4.69) is 15.2 Å². The van der Waals surface area contributed by atoms with E-state index in [-0.39, 0.29) is 11.3 Å². The molecule has 1 aromatic heterocycles. The highest BCUT2D eigenvalue weighted by molar-refractivity contribution is 5.88. The fraction of sp³-hybridized carbons (Fsp3) is 0. The van der Waals surface area contributed by atoms with Crippen LogP contribution in [0.3, 0.4) is 0 Å². The van der Waals surface area contributed by atoms with E-state index in [0.29, 0.717) is 16.9 Å². The summed E-state index contributed by atoms with van der Waals surface area (Å²) in [6, 6.07) is 18.3. The summed E-state index contributed by atoms with van der Waals surface area (Å²) in [5, 5.41) is 16.6. The number of aromatic amines is 1. The number of aliphatic imine (C=N–C) groups is 1. The third kappa shape index (κ3) is 2.78. The van der Waals surface area contributed by atoms with Crippen LogP contribution in [0.1, 0.15) is 5.56 Å². The SMILES string of the molecule is O=c1[nH]nc(-c2ccccc2)c(O)c1C=Nc1ccccc1. The maximum absolute atomic E-state index is 11.9. The largest absolute Gasteiger partial charge is 0.505 e. The number of para-hydroxylation sites is 1. The van der Waals surface area contributed by atoms with Crippen LogP contribution in [0.5, 0.6) is 5.75 Å². The Balaban J connectivity index is 2.05. The number of rotatable bonds is 3. The summed E-state index contributed by atoms with van der Waals surface area (Å²) in [6.45, 7) is 0. The van der Waals surface area contributed by atoms with Crippen LogP contribution in [0, 0.1) is 0 Å². The van der Waals surface area contributed by atoms with Crippen LogP contribution in [0.4, 0.5) is 5.69 Å². The normalized spacial score (nSPS) is 10.9. The van der Waals surface area contributed by atoms with Crippen molar-refractivity contribution in [1.82, 2.24) is 10.2 Å². The molecule has 0 fully saturated rings. The zero-order valence-corrected chi connectivity index (χ0v) is 11.6. The topological polar surface area (TPSA) is 78.3 Å². The van der Waals surface area contributed by atoms with Gasteiger partial charge in [0.15, 0.2) is 5.75 Å². The molecule has 0 spiro atoms. The number of aromatic nitrogens is 2. The molecule has 5 heteroatoms. The zero-order valence-electron chi connectivity index (χ0n) is 11.6. The molecule has 0 aliphatic heterocycles. The molecule has 0 bridgehead atoms. The number of benzene rings is 2. The van der Waals surface area contributed by atoms with Gasteiger partial charge in [-0.05, 0) is 12.1 Å². The predicted octanol–water partition coefficient (Wildman–Crippen LogP) is 2.89. The lowest BCUT2D eigenvalue weighted by Gasteiger charge is -2.05. The minimum absolute atomic E-state index is 0.0812. The summed E-state index contributed by atoms with van der Waals surface area (Å²) in [6.07, 6.45) is 1.34. The molecule has 108 valence electrons. The fourth-order valence-corrected chi connectivity index (χ4v) is 2.03. The molecule has 0 radical (unpaired) electrons. The molecule has 0 saturated carbocycles. The number of H-pyrrole nitrogens is 1. The van der Waals surface area contributed by atoms with Crippen molar-refractivity contribution >= 4 is 11.9 Å². The van der Waals surface area contributed by atoms with Gasteiger partial charge in [-0.1, -0.05) is 48.5 Å². The highest BCUT2D eigenvalue weighted by Crippen LogP contribution is 2.26. The van der Waals surface area contributed by atoms with E-state index >= 15 is 0 Å². The summed E-state index contributed by atoms with van der Waals surface area (Å²) < 4.78 is 0. The maximum atomic E-state index is 11.9. The second-order valence-electron chi connectivity index (χ2n) is 4.62. The predicted molar refractivity (Wildman–Crippen MR) is 85.7 cm³/mol. The minimum Gasteiger partial charge on any atom is -0.505 e. The van der Waals surface area contributed by atoms with Gasteiger partial charge in [0, 0.05) is 11.8 Å². The lowest BCUT2D eigenvalue weighted by atomic mass is 10.1. The van der Waals surface area contributed by atoms with E-state index < -0.39 is 5.56 Å². The first-order chi connectivity index (χ1) is 10.8. The van der Waals surface area contributed by atoms with E-state index in [1.165, 1.54) is 6.21 Å². The minimum atomic E-state index is -0.489. The first-order valence-corrected chi connectivity index (χ1v) is 6.72. The molecule has 0 amide bonds. The molecule has 0 aliphatic rings.